The molecule has 1 atom stereocenters. The van der Waals surface area contributed by atoms with Gasteiger partial charge < -0.3 is 5.73 Å². The third kappa shape index (κ3) is 4.47. The Bertz CT molecular complexity index is 595. The van der Waals surface area contributed by atoms with Crippen LogP contribution in [0.25, 0.3) is 0 Å². The molecule has 1 aromatic carbocycles. The maximum atomic E-state index is 12.5. The highest BCUT2D eigenvalue weighted by atomic mass is 32.2. The summed E-state index contributed by atoms with van der Waals surface area (Å²) in [5.74, 6) is 0. The second-order valence-electron chi connectivity index (χ2n) is 4.77. The quantitative estimate of drug-likeness (QED) is 0.922. The molecular weight excluding hydrogens is 297 g/mol. The first-order chi connectivity index (χ1) is 9.86. The van der Waals surface area contributed by atoms with Crippen molar-refractivity contribution in [3.05, 3.63) is 53.7 Å². The van der Waals surface area contributed by atoms with E-state index in [0.29, 0.717) is 11.4 Å². The van der Waals surface area contributed by atoms with Crippen LogP contribution in [0.2, 0.25) is 0 Å². The smallest absolute Gasteiger partial charge is 0.328 e. The lowest BCUT2D eigenvalue weighted by atomic mass is 10.1. The third-order valence-corrected chi connectivity index (χ3v) is 3.86. The minimum Gasteiger partial charge on any atom is -0.328 e. The van der Waals surface area contributed by atoms with Crippen molar-refractivity contribution in [2.24, 2.45) is 5.73 Å². The summed E-state index contributed by atoms with van der Waals surface area (Å²) >= 11 is 1.34. The SMILES string of the molecule is CC(N)Cc1ccccc1Sc1ccc(C(F)(F)F)cn1. The van der Waals surface area contributed by atoms with Crippen molar-refractivity contribution in [2.45, 2.75) is 35.5 Å². The maximum absolute atomic E-state index is 12.5. The Morgan fingerprint density at radius 3 is 2.48 bits per heavy atom. The zero-order chi connectivity index (χ0) is 15.5. The Morgan fingerprint density at radius 2 is 1.90 bits per heavy atom. The first-order valence-electron chi connectivity index (χ1n) is 6.41. The van der Waals surface area contributed by atoms with Gasteiger partial charge in [0.25, 0.3) is 0 Å². The second-order valence-corrected chi connectivity index (χ2v) is 5.84. The summed E-state index contributed by atoms with van der Waals surface area (Å²) in [7, 11) is 0. The van der Waals surface area contributed by atoms with Gasteiger partial charge in [-0.1, -0.05) is 30.0 Å². The van der Waals surface area contributed by atoms with Crippen molar-refractivity contribution in [1.82, 2.24) is 4.98 Å². The van der Waals surface area contributed by atoms with Gasteiger partial charge in [0.05, 0.1) is 5.56 Å². The van der Waals surface area contributed by atoms with Crippen molar-refractivity contribution in [2.75, 3.05) is 0 Å². The first-order valence-corrected chi connectivity index (χ1v) is 7.22. The van der Waals surface area contributed by atoms with E-state index >= 15 is 0 Å². The van der Waals surface area contributed by atoms with Crippen LogP contribution < -0.4 is 5.73 Å². The third-order valence-electron chi connectivity index (χ3n) is 2.79. The molecule has 2 rings (SSSR count). The minimum atomic E-state index is -4.36. The molecular formula is C15H15F3N2S. The van der Waals surface area contributed by atoms with Gasteiger partial charge in [0.2, 0.25) is 0 Å². The van der Waals surface area contributed by atoms with Gasteiger partial charge in [-0.2, -0.15) is 13.2 Å². The van der Waals surface area contributed by atoms with E-state index < -0.39 is 11.7 Å². The van der Waals surface area contributed by atoms with E-state index in [0.717, 1.165) is 22.7 Å². The number of nitrogens with zero attached hydrogens (tertiary/aromatic N) is 1. The summed E-state index contributed by atoms with van der Waals surface area (Å²) in [6, 6.07) is 10.1. The minimum absolute atomic E-state index is 0.0207. The Hall–Kier alpha value is -1.53. The van der Waals surface area contributed by atoms with Crippen LogP contribution in [-0.2, 0) is 12.6 Å². The highest BCUT2D eigenvalue weighted by Gasteiger charge is 2.30. The predicted octanol–water partition coefficient (Wildman–Crippen LogP) is 4.14. The van der Waals surface area contributed by atoms with Crippen molar-refractivity contribution in [3.8, 4) is 0 Å². The zero-order valence-electron chi connectivity index (χ0n) is 11.4. The number of nitrogens with two attached hydrogens (primary N) is 1. The van der Waals surface area contributed by atoms with Gasteiger partial charge in [-0.25, -0.2) is 4.98 Å². The zero-order valence-corrected chi connectivity index (χ0v) is 12.2. The van der Waals surface area contributed by atoms with Crippen LogP contribution in [0.1, 0.15) is 18.1 Å². The van der Waals surface area contributed by atoms with E-state index in [-0.39, 0.29) is 6.04 Å². The highest BCUT2D eigenvalue weighted by molar-refractivity contribution is 7.99. The predicted molar refractivity (Wildman–Crippen MR) is 77.2 cm³/mol. The van der Waals surface area contributed by atoms with Gasteiger partial charge in [-0.15, -0.1) is 0 Å². The Morgan fingerprint density at radius 1 is 1.19 bits per heavy atom. The van der Waals surface area contributed by atoms with E-state index in [2.05, 4.69) is 4.98 Å². The molecule has 21 heavy (non-hydrogen) atoms. The summed E-state index contributed by atoms with van der Waals surface area (Å²) in [4.78, 5) is 4.83. The number of halogens is 3. The van der Waals surface area contributed by atoms with Gasteiger partial charge in [-0.05, 0) is 37.1 Å². The summed E-state index contributed by atoms with van der Waals surface area (Å²) < 4.78 is 37.5. The van der Waals surface area contributed by atoms with Crippen molar-refractivity contribution in [3.63, 3.8) is 0 Å². The van der Waals surface area contributed by atoms with Crippen LogP contribution in [0.5, 0.6) is 0 Å². The molecule has 0 aliphatic carbocycles. The van der Waals surface area contributed by atoms with Gasteiger partial charge in [0.1, 0.15) is 5.03 Å². The maximum Gasteiger partial charge on any atom is 0.417 e. The molecule has 2 nitrogen and oxygen atoms in total. The van der Waals surface area contributed by atoms with Gasteiger partial charge in [0, 0.05) is 17.1 Å². The lowest BCUT2D eigenvalue weighted by molar-refractivity contribution is -0.137. The van der Waals surface area contributed by atoms with Crippen LogP contribution >= 0.6 is 11.8 Å². The van der Waals surface area contributed by atoms with Gasteiger partial charge in [-0.3, -0.25) is 0 Å². The fourth-order valence-corrected chi connectivity index (χ4v) is 2.74. The molecule has 0 fully saturated rings. The van der Waals surface area contributed by atoms with Crippen LogP contribution in [0, 0.1) is 0 Å². The summed E-state index contributed by atoms with van der Waals surface area (Å²) in [6.45, 7) is 1.91. The first kappa shape index (κ1) is 15.9. The number of benzene rings is 1. The fourth-order valence-electron chi connectivity index (χ4n) is 1.84. The van der Waals surface area contributed by atoms with Crippen LogP contribution in [-0.4, -0.2) is 11.0 Å². The standard InChI is InChI=1S/C15H15F3N2S/c1-10(19)8-11-4-2-3-5-13(11)21-14-7-6-12(9-20-14)15(16,17)18/h2-7,9-10H,8,19H2,1H3. The average Bonchev–Trinajstić information content (AvgIpc) is 2.40. The molecule has 2 aromatic rings. The molecule has 0 bridgehead atoms. The van der Waals surface area contributed by atoms with Crippen molar-refractivity contribution in [1.29, 1.82) is 0 Å². The molecule has 0 amide bonds. The average molecular weight is 312 g/mol. The fraction of sp³-hybridized carbons (Fsp3) is 0.267. The number of rotatable bonds is 4. The van der Waals surface area contributed by atoms with Crippen molar-refractivity contribution < 1.29 is 13.2 Å². The Kier molecular flexibility index (Phi) is 4.90. The van der Waals surface area contributed by atoms with E-state index in [9.17, 15) is 13.2 Å². The second kappa shape index (κ2) is 6.49. The molecule has 1 heterocycles. The van der Waals surface area contributed by atoms with Crippen LogP contribution in [0.3, 0.4) is 0 Å². The Labute approximate surface area is 125 Å². The number of hydrogen-bond acceptors (Lipinski definition) is 3. The Balaban J connectivity index is 2.19. The number of hydrogen-bond donors (Lipinski definition) is 1. The molecule has 0 aliphatic rings. The molecule has 1 unspecified atom stereocenters. The molecule has 6 heteroatoms. The molecule has 0 saturated heterocycles. The van der Waals surface area contributed by atoms with E-state index in [1.165, 1.54) is 17.8 Å². The van der Waals surface area contributed by atoms with Crippen molar-refractivity contribution >= 4 is 11.8 Å². The topological polar surface area (TPSA) is 38.9 Å². The molecule has 2 N–H and O–H groups in total. The molecule has 1 aromatic heterocycles. The molecule has 0 radical (unpaired) electrons. The van der Waals surface area contributed by atoms with E-state index in [1.807, 2.05) is 31.2 Å². The highest BCUT2D eigenvalue weighted by Crippen LogP contribution is 2.32. The monoisotopic (exact) mass is 312 g/mol. The molecule has 0 aliphatic heterocycles. The summed E-state index contributed by atoms with van der Waals surface area (Å²) in [5.41, 5.74) is 6.13. The molecule has 112 valence electrons. The van der Waals surface area contributed by atoms with Gasteiger partial charge in [0.15, 0.2) is 0 Å². The molecule has 0 saturated carbocycles. The number of pyridine rings is 1. The normalized spacial score (nSPS) is 13.2. The van der Waals surface area contributed by atoms with Crippen LogP contribution in [0.15, 0.2) is 52.5 Å². The summed E-state index contributed by atoms with van der Waals surface area (Å²) in [5, 5.41) is 0.528. The van der Waals surface area contributed by atoms with Gasteiger partial charge >= 0.3 is 6.18 Å². The summed E-state index contributed by atoms with van der Waals surface area (Å²) in [6.07, 6.45) is -2.79. The number of aromatic nitrogens is 1. The lowest BCUT2D eigenvalue weighted by Gasteiger charge is -2.11. The van der Waals surface area contributed by atoms with E-state index in [4.69, 9.17) is 5.73 Å². The number of alkyl halides is 3. The van der Waals surface area contributed by atoms with Crippen LogP contribution in [0.4, 0.5) is 13.2 Å². The van der Waals surface area contributed by atoms with E-state index in [1.54, 1.807) is 0 Å². The molecule has 0 spiro atoms. The lowest BCUT2D eigenvalue weighted by Crippen LogP contribution is -2.18. The largest absolute Gasteiger partial charge is 0.417 e.